The molecule has 0 aliphatic carbocycles. The second kappa shape index (κ2) is 7.44. The van der Waals surface area contributed by atoms with Crippen LogP contribution in [-0.4, -0.2) is 46.1 Å². The van der Waals surface area contributed by atoms with E-state index in [-0.39, 0.29) is 23.2 Å². The van der Waals surface area contributed by atoms with Gasteiger partial charge < -0.3 is 15.2 Å². The number of hydrogen-bond acceptors (Lipinski definition) is 5. The van der Waals surface area contributed by atoms with Crippen LogP contribution in [0.25, 0.3) is 0 Å². The second-order valence-electron chi connectivity index (χ2n) is 4.73. The Morgan fingerprint density at radius 2 is 1.95 bits per heavy atom. The summed E-state index contributed by atoms with van der Waals surface area (Å²) in [4.78, 5) is 0.0514. The monoisotopic (exact) mass is 380 g/mol. The van der Waals surface area contributed by atoms with Crippen LogP contribution in [-0.2, 0) is 14.8 Å². The maximum atomic E-state index is 12.8. The summed E-state index contributed by atoms with van der Waals surface area (Å²) in [5, 5.41) is 0. The number of benzene rings is 1. The van der Waals surface area contributed by atoms with Crippen LogP contribution in [0.2, 0.25) is 0 Å². The summed E-state index contributed by atoms with van der Waals surface area (Å²) in [5.41, 5.74) is 6.15. The van der Waals surface area contributed by atoms with Crippen molar-refractivity contribution in [1.82, 2.24) is 4.31 Å². The summed E-state index contributed by atoms with van der Waals surface area (Å²) in [6, 6.07) is 2.75. The maximum Gasteiger partial charge on any atom is 0.247 e. The number of methoxy groups -OCH3 is 2. The number of nitrogens with zero attached hydrogens (tertiary/aromatic N) is 1. The largest absolute Gasteiger partial charge is 0.495 e. The van der Waals surface area contributed by atoms with Crippen molar-refractivity contribution in [2.75, 3.05) is 33.1 Å². The first kappa shape index (κ1) is 18.2. The summed E-state index contributed by atoms with van der Waals surface area (Å²) in [6.07, 6.45) is 0. The van der Waals surface area contributed by atoms with Gasteiger partial charge in [0, 0.05) is 29.9 Å². The molecule has 8 heteroatoms. The smallest absolute Gasteiger partial charge is 0.247 e. The molecular weight excluding hydrogens is 360 g/mol. The maximum absolute atomic E-state index is 12.8. The van der Waals surface area contributed by atoms with E-state index in [1.165, 1.54) is 24.6 Å². The number of nitrogen functional groups attached to an aromatic ring is 1. The minimum atomic E-state index is -3.73. The summed E-state index contributed by atoms with van der Waals surface area (Å²) in [7, 11) is -0.774. The van der Waals surface area contributed by atoms with E-state index in [0.717, 1.165) is 0 Å². The molecule has 21 heavy (non-hydrogen) atoms. The van der Waals surface area contributed by atoms with Gasteiger partial charge in [0.15, 0.2) is 0 Å². The van der Waals surface area contributed by atoms with Crippen molar-refractivity contribution in [3.05, 3.63) is 16.6 Å². The van der Waals surface area contributed by atoms with Gasteiger partial charge >= 0.3 is 0 Å². The molecule has 0 heterocycles. The van der Waals surface area contributed by atoms with Gasteiger partial charge in [-0.05, 0) is 41.9 Å². The van der Waals surface area contributed by atoms with E-state index in [0.29, 0.717) is 16.8 Å². The molecule has 0 aromatic heterocycles. The minimum absolute atomic E-state index is 0.0514. The molecule has 1 rings (SSSR count). The zero-order valence-electron chi connectivity index (χ0n) is 12.6. The molecule has 6 nitrogen and oxygen atoms in total. The molecule has 0 spiro atoms. The zero-order chi connectivity index (χ0) is 16.2. The summed E-state index contributed by atoms with van der Waals surface area (Å²) in [6.45, 7) is 4.19. The number of rotatable bonds is 7. The summed E-state index contributed by atoms with van der Waals surface area (Å²) < 4.78 is 37.8. The van der Waals surface area contributed by atoms with Crippen LogP contribution in [0, 0.1) is 0 Å². The van der Waals surface area contributed by atoms with Crippen LogP contribution in [0.5, 0.6) is 5.75 Å². The second-order valence-corrected chi connectivity index (χ2v) is 7.44. The normalized spacial score (nSPS) is 12.1. The lowest BCUT2D eigenvalue weighted by molar-refractivity contribution is 0.170. The number of ether oxygens (including phenoxy) is 2. The van der Waals surface area contributed by atoms with Crippen LogP contribution in [0.3, 0.4) is 0 Å². The minimum Gasteiger partial charge on any atom is -0.495 e. The Bertz CT molecular complexity index is 590. The molecular formula is C13H21BrN2O4S. The zero-order valence-corrected chi connectivity index (χ0v) is 15.0. The van der Waals surface area contributed by atoms with Crippen LogP contribution in [0.4, 0.5) is 5.69 Å². The van der Waals surface area contributed by atoms with Gasteiger partial charge in [-0.2, -0.15) is 4.31 Å². The molecule has 1 aromatic carbocycles. The van der Waals surface area contributed by atoms with Crippen molar-refractivity contribution < 1.29 is 17.9 Å². The molecule has 0 unspecified atom stereocenters. The predicted octanol–water partition coefficient (Wildman–Crippen LogP) is 2.09. The van der Waals surface area contributed by atoms with Crippen LogP contribution < -0.4 is 10.5 Å². The van der Waals surface area contributed by atoms with E-state index in [2.05, 4.69) is 15.9 Å². The van der Waals surface area contributed by atoms with Gasteiger partial charge in [-0.15, -0.1) is 0 Å². The highest BCUT2D eigenvalue weighted by Gasteiger charge is 2.30. The average Bonchev–Trinajstić information content (AvgIpc) is 2.41. The van der Waals surface area contributed by atoms with Gasteiger partial charge in [0.2, 0.25) is 10.0 Å². The molecule has 0 aliphatic rings. The van der Waals surface area contributed by atoms with Crippen LogP contribution >= 0.6 is 15.9 Å². The molecule has 0 radical (unpaired) electrons. The van der Waals surface area contributed by atoms with E-state index in [1.807, 2.05) is 13.8 Å². The molecule has 120 valence electrons. The fraction of sp³-hybridized carbons (Fsp3) is 0.538. The lowest BCUT2D eigenvalue weighted by Gasteiger charge is -2.26. The number of hydrogen-bond donors (Lipinski definition) is 1. The van der Waals surface area contributed by atoms with Crippen molar-refractivity contribution in [2.45, 2.75) is 24.8 Å². The first-order chi connectivity index (χ1) is 9.75. The number of sulfonamides is 1. The Morgan fingerprint density at radius 3 is 2.43 bits per heavy atom. The number of anilines is 1. The predicted molar refractivity (Wildman–Crippen MR) is 86.0 cm³/mol. The highest BCUT2D eigenvalue weighted by molar-refractivity contribution is 9.10. The fourth-order valence-electron chi connectivity index (χ4n) is 1.88. The third-order valence-corrected chi connectivity index (χ3v) is 5.74. The topological polar surface area (TPSA) is 81.9 Å². The average molecular weight is 381 g/mol. The van der Waals surface area contributed by atoms with E-state index in [4.69, 9.17) is 15.2 Å². The van der Waals surface area contributed by atoms with Crippen molar-refractivity contribution in [3.63, 3.8) is 0 Å². The first-order valence-corrected chi connectivity index (χ1v) is 8.62. The highest BCUT2D eigenvalue weighted by atomic mass is 79.9. The molecule has 0 atom stereocenters. The van der Waals surface area contributed by atoms with E-state index in [9.17, 15) is 8.42 Å². The van der Waals surface area contributed by atoms with E-state index < -0.39 is 10.0 Å². The molecule has 0 saturated carbocycles. The van der Waals surface area contributed by atoms with Crippen molar-refractivity contribution in [1.29, 1.82) is 0 Å². The summed E-state index contributed by atoms with van der Waals surface area (Å²) >= 11 is 3.26. The Labute approximate surface area is 134 Å². The van der Waals surface area contributed by atoms with E-state index in [1.54, 1.807) is 6.07 Å². The standard InChI is InChI=1S/C13H21BrN2O4S/c1-9(2)16(5-6-19-3)21(17,18)13-8-11(15)10(14)7-12(13)20-4/h7-9H,5-6,15H2,1-4H3. The van der Waals surface area contributed by atoms with Crippen LogP contribution in [0.15, 0.2) is 21.5 Å². The van der Waals surface area contributed by atoms with Gasteiger partial charge in [0.1, 0.15) is 10.6 Å². The van der Waals surface area contributed by atoms with E-state index >= 15 is 0 Å². The van der Waals surface area contributed by atoms with Gasteiger partial charge in [-0.25, -0.2) is 8.42 Å². The van der Waals surface area contributed by atoms with Crippen LogP contribution in [0.1, 0.15) is 13.8 Å². The fourth-order valence-corrected chi connectivity index (χ4v) is 3.99. The number of nitrogens with two attached hydrogens (primary N) is 1. The molecule has 0 amide bonds. The van der Waals surface area contributed by atoms with Crippen molar-refractivity contribution in [2.24, 2.45) is 0 Å². The third-order valence-electron chi connectivity index (χ3n) is 2.96. The molecule has 2 N–H and O–H groups in total. The lowest BCUT2D eigenvalue weighted by atomic mass is 10.3. The highest BCUT2D eigenvalue weighted by Crippen LogP contribution is 2.34. The quantitative estimate of drug-likeness (QED) is 0.732. The van der Waals surface area contributed by atoms with Crippen molar-refractivity contribution in [3.8, 4) is 5.75 Å². The Morgan fingerprint density at radius 1 is 1.33 bits per heavy atom. The first-order valence-electron chi connectivity index (χ1n) is 6.39. The Balaban J connectivity index is 3.37. The third kappa shape index (κ3) is 4.09. The molecule has 0 aliphatic heterocycles. The Kier molecular flexibility index (Phi) is 6.45. The Hall–Kier alpha value is -0.830. The van der Waals surface area contributed by atoms with Crippen molar-refractivity contribution >= 4 is 31.6 Å². The van der Waals surface area contributed by atoms with Gasteiger partial charge in [-0.1, -0.05) is 0 Å². The SMILES string of the molecule is COCCN(C(C)C)S(=O)(=O)c1cc(N)c(Br)cc1OC. The molecule has 0 bridgehead atoms. The van der Waals surface area contributed by atoms with Gasteiger partial charge in [0.05, 0.1) is 13.7 Å². The molecule has 1 aromatic rings. The molecule has 0 fully saturated rings. The van der Waals surface area contributed by atoms with Gasteiger partial charge in [-0.3, -0.25) is 0 Å². The van der Waals surface area contributed by atoms with Gasteiger partial charge in [0.25, 0.3) is 0 Å². The molecule has 0 saturated heterocycles. The lowest BCUT2D eigenvalue weighted by Crippen LogP contribution is -2.39. The summed E-state index contributed by atoms with van der Waals surface area (Å²) in [5.74, 6) is 0.249. The number of halogens is 1.